The minimum Gasteiger partial charge on any atom is -0.490 e. The van der Waals surface area contributed by atoms with Crippen molar-refractivity contribution in [3.8, 4) is 11.5 Å². The first kappa shape index (κ1) is 23.6. The number of rotatable bonds is 9. The van der Waals surface area contributed by atoms with E-state index in [2.05, 4.69) is 28.1 Å². The minimum atomic E-state index is -3.76. The highest BCUT2D eigenvalue weighted by Gasteiger charge is 2.14. The third kappa shape index (κ3) is 5.50. The van der Waals surface area contributed by atoms with Crippen molar-refractivity contribution in [2.24, 2.45) is 5.10 Å². The molecule has 34 heavy (non-hydrogen) atoms. The van der Waals surface area contributed by atoms with Crippen LogP contribution in [0.1, 0.15) is 18.1 Å². The van der Waals surface area contributed by atoms with Crippen LogP contribution in [0, 0.1) is 0 Å². The van der Waals surface area contributed by atoms with Crippen LogP contribution in [0.25, 0.3) is 10.8 Å². The van der Waals surface area contributed by atoms with Crippen LogP contribution in [0.15, 0.2) is 94.9 Å². The lowest BCUT2D eigenvalue weighted by molar-refractivity contribution is 0.270. The molecule has 8 heteroatoms. The van der Waals surface area contributed by atoms with E-state index in [4.69, 9.17) is 21.1 Å². The summed E-state index contributed by atoms with van der Waals surface area (Å²) < 4.78 is 36.5. The fourth-order valence-corrected chi connectivity index (χ4v) is 4.54. The number of sulfonamides is 1. The Labute approximate surface area is 203 Å². The van der Waals surface area contributed by atoms with Crippen LogP contribution in [0.2, 0.25) is 5.02 Å². The molecule has 6 nitrogen and oxygen atoms in total. The zero-order valence-corrected chi connectivity index (χ0v) is 20.0. The highest BCUT2D eigenvalue weighted by molar-refractivity contribution is 7.89. The molecule has 0 radical (unpaired) electrons. The van der Waals surface area contributed by atoms with E-state index < -0.39 is 10.0 Å². The van der Waals surface area contributed by atoms with E-state index in [-0.39, 0.29) is 4.90 Å². The number of hydrogen-bond donors (Lipinski definition) is 1. The van der Waals surface area contributed by atoms with E-state index in [1.165, 1.54) is 18.3 Å². The Hall–Kier alpha value is -3.55. The van der Waals surface area contributed by atoms with Gasteiger partial charge in [0.2, 0.25) is 0 Å². The topological polar surface area (TPSA) is 77.0 Å². The summed E-state index contributed by atoms with van der Waals surface area (Å²) >= 11 is 6.51. The Kier molecular flexibility index (Phi) is 7.35. The van der Waals surface area contributed by atoms with Crippen molar-refractivity contribution in [2.45, 2.75) is 18.4 Å². The van der Waals surface area contributed by atoms with E-state index in [0.717, 1.165) is 16.3 Å². The fraction of sp³-hybridized carbons (Fsp3) is 0.115. The summed E-state index contributed by atoms with van der Waals surface area (Å²) in [6.45, 7) is 2.57. The van der Waals surface area contributed by atoms with Crippen molar-refractivity contribution in [1.29, 1.82) is 0 Å². The van der Waals surface area contributed by atoms with Crippen LogP contribution in [0.3, 0.4) is 0 Å². The number of hydrogen-bond acceptors (Lipinski definition) is 5. The van der Waals surface area contributed by atoms with Gasteiger partial charge in [0.05, 0.1) is 22.7 Å². The van der Waals surface area contributed by atoms with E-state index >= 15 is 0 Å². The maximum Gasteiger partial charge on any atom is 0.276 e. The molecule has 0 heterocycles. The first-order chi connectivity index (χ1) is 16.5. The molecule has 0 aromatic heterocycles. The molecular formula is C26H23ClN2O4S. The lowest BCUT2D eigenvalue weighted by atomic mass is 10.1. The van der Waals surface area contributed by atoms with Gasteiger partial charge in [-0.05, 0) is 53.1 Å². The van der Waals surface area contributed by atoms with Gasteiger partial charge in [-0.2, -0.15) is 13.5 Å². The normalized spacial score (nSPS) is 11.6. The van der Waals surface area contributed by atoms with Gasteiger partial charge < -0.3 is 9.47 Å². The van der Waals surface area contributed by atoms with E-state index in [9.17, 15) is 8.42 Å². The third-order valence-corrected chi connectivity index (χ3v) is 6.54. The van der Waals surface area contributed by atoms with Crippen LogP contribution in [0.4, 0.5) is 0 Å². The van der Waals surface area contributed by atoms with Gasteiger partial charge in [0, 0.05) is 0 Å². The maximum absolute atomic E-state index is 12.3. The Bertz CT molecular complexity index is 1420. The molecule has 0 fully saturated rings. The first-order valence-corrected chi connectivity index (χ1v) is 12.5. The lowest BCUT2D eigenvalue weighted by Crippen LogP contribution is -2.18. The van der Waals surface area contributed by atoms with Gasteiger partial charge in [-0.1, -0.05) is 72.3 Å². The van der Waals surface area contributed by atoms with Gasteiger partial charge in [0.25, 0.3) is 10.0 Å². The lowest BCUT2D eigenvalue weighted by Gasteiger charge is -2.15. The molecule has 0 unspecified atom stereocenters. The number of nitrogens with zero attached hydrogens (tertiary/aromatic N) is 1. The molecule has 4 rings (SSSR count). The van der Waals surface area contributed by atoms with Gasteiger partial charge in [0.15, 0.2) is 11.5 Å². The number of fused-ring (bicyclic) bond motifs is 1. The molecule has 0 atom stereocenters. The molecule has 0 saturated carbocycles. The van der Waals surface area contributed by atoms with E-state index in [1.807, 2.05) is 31.2 Å². The van der Waals surface area contributed by atoms with Crippen LogP contribution in [-0.4, -0.2) is 21.2 Å². The van der Waals surface area contributed by atoms with Crippen molar-refractivity contribution in [3.05, 3.63) is 101 Å². The van der Waals surface area contributed by atoms with Crippen LogP contribution >= 0.6 is 11.6 Å². The summed E-state index contributed by atoms with van der Waals surface area (Å²) in [6, 6.07) is 25.5. The second-order valence-electron chi connectivity index (χ2n) is 7.36. The van der Waals surface area contributed by atoms with E-state index in [1.54, 1.807) is 30.3 Å². The van der Waals surface area contributed by atoms with Crippen LogP contribution in [0.5, 0.6) is 11.5 Å². The largest absolute Gasteiger partial charge is 0.490 e. The molecule has 0 aliphatic heterocycles. The minimum absolute atomic E-state index is 0.123. The van der Waals surface area contributed by atoms with Crippen LogP contribution < -0.4 is 14.3 Å². The van der Waals surface area contributed by atoms with Crippen molar-refractivity contribution in [2.75, 3.05) is 6.61 Å². The summed E-state index contributed by atoms with van der Waals surface area (Å²) in [5.74, 6) is 0.862. The standard InChI is InChI=1S/C26H23ClN2O4S/c1-2-32-25-16-19(17-28-29-34(30,31)22-12-4-3-5-13-22)15-24(27)26(25)33-18-21-11-8-10-20-9-6-7-14-23(20)21/h3-17,29H,2,18H2,1H3/b28-17-. The summed E-state index contributed by atoms with van der Waals surface area (Å²) in [5, 5.41) is 6.44. The molecule has 0 bridgehead atoms. The molecule has 0 aliphatic rings. The average Bonchev–Trinajstić information content (AvgIpc) is 2.84. The number of halogens is 1. The molecule has 174 valence electrons. The molecule has 0 aliphatic carbocycles. The molecule has 1 N–H and O–H groups in total. The first-order valence-electron chi connectivity index (χ1n) is 10.6. The number of benzene rings is 4. The Morgan fingerprint density at radius 2 is 1.68 bits per heavy atom. The second kappa shape index (κ2) is 10.6. The number of hydrazone groups is 1. The SMILES string of the molecule is CCOc1cc(/C=N\NS(=O)(=O)c2ccccc2)cc(Cl)c1OCc1cccc2ccccc12. The van der Waals surface area contributed by atoms with Crippen molar-refractivity contribution >= 4 is 38.6 Å². The number of nitrogens with one attached hydrogen (secondary N) is 1. The van der Waals surface area contributed by atoms with Gasteiger partial charge in [0.1, 0.15) is 6.61 Å². The molecule has 4 aromatic rings. The predicted octanol–water partition coefficient (Wildman–Crippen LogP) is 5.78. The van der Waals surface area contributed by atoms with Gasteiger partial charge in [-0.25, -0.2) is 4.83 Å². The smallest absolute Gasteiger partial charge is 0.276 e. The second-order valence-corrected chi connectivity index (χ2v) is 9.42. The van der Waals surface area contributed by atoms with Crippen molar-refractivity contribution in [3.63, 3.8) is 0 Å². The van der Waals surface area contributed by atoms with Gasteiger partial charge >= 0.3 is 0 Å². The quantitative estimate of drug-likeness (QED) is 0.236. The van der Waals surface area contributed by atoms with E-state index in [0.29, 0.717) is 35.3 Å². The van der Waals surface area contributed by atoms with Gasteiger partial charge in [-0.3, -0.25) is 0 Å². The highest BCUT2D eigenvalue weighted by Crippen LogP contribution is 2.37. The molecule has 4 aromatic carbocycles. The highest BCUT2D eigenvalue weighted by atomic mass is 35.5. The maximum atomic E-state index is 12.3. The molecule has 0 spiro atoms. The third-order valence-electron chi connectivity index (χ3n) is 5.02. The zero-order valence-electron chi connectivity index (χ0n) is 18.4. The Morgan fingerprint density at radius 3 is 2.47 bits per heavy atom. The average molecular weight is 495 g/mol. The summed E-state index contributed by atoms with van der Waals surface area (Å²) in [6.07, 6.45) is 1.36. The van der Waals surface area contributed by atoms with Crippen LogP contribution in [-0.2, 0) is 16.6 Å². The summed E-state index contributed by atoms with van der Waals surface area (Å²) in [7, 11) is -3.76. The Morgan fingerprint density at radius 1 is 0.941 bits per heavy atom. The molecule has 0 saturated heterocycles. The predicted molar refractivity (Wildman–Crippen MR) is 135 cm³/mol. The molecular weight excluding hydrogens is 472 g/mol. The fourth-order valence-electron chi connectivity index (χ4n) is 3.46. The van der Waals surface area contributed by atoms with Gasteiger partial charge in [-0.15, -0.1) is 0 Å². The Balaban J connectivity index is 1.54. The summed E-state index contributed by atoms with van der Waals surface area (Å²) in [4.78, 5) is 2.32. The zero-order chi connectivity index (χ0) is 24.0. The van der Waals surface area contributed by atoms with Crippen molar-refractivity contribution < 1.29 is 17.9 Å². The monoisotopic (exact) mass is 494 g/mol. The molecule has 0 amide bonds. The summed E-state index contributed by atoms with van der Waals surface area (Å²) in [5.41, 5.74) is 1.58. The van der Waals surface area contributed by atoms with Crippen molar-refractivity contribution in [1.82, 2.24) is 4.83 Å². The number of ether oxygens (including phenoxy) is 2.